The predicted octanol–water partition coefficient (Wildman–Crippen LogP) is 2.68. The summed E-state index contributed by atoms with van der Waals surface area (Å²) in [5, 5.41) is 9.09. The highest BCUT2D eigenvalue weighted by molar-refractivity contribution is 9.10. The van der Waals surface area contributed by atoms with Gasteiger partial charge < -0.3 is 9.52 Å². The van der Waals surface area contributed by atoms with Gasteiger partial charge in [0.25, 0.3) is 10.0 Å². The normalized spacial score (nSPS) is 15.0. The van der Waals surface area contributed by atoms with Crippen molar-refractivity contribution < 1.29 is 17.9 Å². The lowest BCUT2D eigenvalue weighted by Gasteiger charge is -2.30. The average Bonchev–Trinajstić information content (AvgIpc) is 2.88. The number of aliphatic hydroxyl groups excluding tert-OH is 1. The number of rotatable bonds is 3. The number of benzene rings is 1. The third-order valence-electron chi connectivity index (χ3n) is 3.50. The standard InChI is InChI=1S/C14H14BrNO4S/c15-14-13(8-11(9-17)20-14)21(18,19)16-7-3-5-10-4-1-2-6-12(10)16/h1-2,4,6,8,17H,3,5,7,9H2. The van der Waals surface area contributed by atoms with Crippen molar-refractivity contribution in [3.05, 3.63) is 46.3 Å². The van der Waals surface area contributed by atoms with Gasteiger partial charge in [-0.05, 0) is 40.4 Å². The summed E-state index contributed by atoms with van der Waals surface area (Å²) in [6.45, 7) is 0.0934. The Hall–Kier alpha value is -1.31. The zero-order valence-corrected chi connectivity index (χ0v) is 13.5. The van der Waals surface area contributed by atoms with Gasteiger partial charge in [0.2, 0.25) is 0 Å². The number of furan rings is 1. The van der Waals surface area contributed by atoms with Crippen LogP contribution in [-0.4, -0.2) is 20.1 Å². The van der Waals surface area contributed by atoms with E-state index in [1.54, 1.807) is 0 Å². The summed E-state index contributed by atoms with van der Waals surface area (Å²) in [5.74, 6) is 0.214. The van der Waals surface area contributed by atoms with Gasteiger partial charge in [-0.3, -0.25) is 4.31 Å². The Morgan fingerprint density at radius 2 is 2.10 bits per heavy atom. The van der Waals surface area contributed by atoms with Crippen LogP contribution in [-0.2, 0) is 23.1 Å². The summed E-state index contributed by atoms with van der Waals surface area (Å²) in [4.78, 5) is 0.0447. The second-order valence-electron chi connectivity index (χ2n) is 4.82. The molecule has 1 N–H and O–H groups in total. The van der Waals surface area contributed by atoms with Crippen molar-refractivity contribution >= 4 is 31.6 Å². The van der Waals surface area contributed by atoms with Gasteiger partial charge in [0.1, 0.15) is 17.3 Å². The van der Waals surface area contributed by atoms with E-state index in [1.807, 2.05) is 24.3 Å². The molecule has 0 saturated heterocycles. The van der Waals surface area contributed by atoms with Gasteiger partial charge in [0.15, 0.2) is 4.67 Å². The number of nitrogens with zero attached hydrogens (tertiary/aromatic N) is 1. The molecule has 0 bridgehead atoms. The van der Waals surface area contributed by atoms with Crippen LogP contribution in [0.15, 0.2) is 44.3 Å². The minimum absolute atomic E-state index is 0.0447. The number of aryl methyl sites for hydroxylation is 1. The molecule has 0 saturated carbocycles. The molecule has 0 amide bonds. The van der Waals surface area contributed by atoms with Gasteiger partial charge in [0, 0.05) is 12.6 Å². The Kier molecular flexibility index (Phi) is 3.81. The van der Waals surface area contributed by atoms with Gasteiger partial charge in [-0.15, -0.1) is 0 Å². The first-order chi connectivity index (χ1) is 10.0. The topological polar surface area (TPSA) is 70.8 Å². The highest BCUT2D eigenvalue weighted by Crippen LogP contribution is 2.35. The fraction of sp³-hybridized carbons (Fsp3) is 0.286. The summed E-state index contributed by atoms with van der Waals surface area (Å²) in [7, 11) is -3.71. The predicted molar refractivity (Wildman–Crippen MR) is 81.6 cm³/mol. The summed E-state index contributed by atoms with van der Waals surface area (Å²) in [6.07, 6.45) is 1.65. The maximum absolute atomic E-state index is 12.9. The Bertz CT molecular complexity index is 769. The summed E-state index contributed by atoms with van der Waals surface area (Å²) < 4.78 is 32.4. The van der Waals surface area contributed by atoms with E-state index in [-0.39, 0.29) is 21.9 Å². The van der Waals surface area contributed by atoms with Crippen molar-refractivity contribution in [3.63, 3.8) is 0 Å². The summed E-state index contributed by atoms with van der Waals surface area (Å²) in [6, 6.07) is 8.85. The number of anilines is 1. The fourth-order valence-corrected chi connectivity index (χ4v) is 5.02. The minimum atomic E-state index is -3.71. The van der Waals surface area contributed by atoms with Crippen LogP contribution in [0.2, 0.25) is 0 Å². The molecule has 7 heteroatoms. The van der Waals surface area contributed by atoms with Crippen molar-refractivity contribution in [2.75, 3.05) is 10.8 Å². The van der Waals surface area contributed by atoms with E-state index in [0.717, 1.165) is 18.4 Å². The number of halogens is 1. The molecule has 112 valence electrons. The molecule has 0 aliphatic carbocycles. The zero-order valence-electron chi connectivity index (χ0n) is 11.1. The molecule has 21 heavy (non-hydrogen) atoms. The van der Waals surface area contributed by atoms with Crippen LogP contribution in [0.3, 0.4) is 0 Å². The molecule has 5 nitrogen and oxygen atoms in total. The molecule has 1 aromatic carbocycles. The van der Waals surface area contributed by atoms with E-state index in [4.69, 9.17) is 9.52 Å². The first-order valence-electron chi connectivity index (χ1n) is 6.54. The Labute approximate surface area is 131 Å². The van der Waals surface area contributed by atoms with E-state index in [2.05, 4.69) is 15.9 Å². The van der Waals surface area contributed by atoms with E-state index in [9.17, 15) is 8.42 Å². The molecule has 2 aromatic rings. The van der Waals surface area contributed by atoms with E-state index >= 15 is 0 Å². The lowest BCUT2D eigenvalue weighted by molar-refractivity contribution is 0.245. The van der Waals surface area contributed by atoms with Crippen LogP contribution < -0.4 is 4.31 Å². The van der Waals surface area contributed by atoms with E-state index in [0.29, 0.717) is 12.2 Å². The number of hydrogen-bond donors (Lipinski definition) is 1. The maximum Gasteiger partial charge on any atom is 0.268 e. The van der Waals surface area contributed by atoms with Crippen molar-refractivity contribution in [2.24, 2.45) is 0 Å². The fourth-order valence-electron chi connectivity index (χ4n) is 2.52. The molecule has 0 unspecified atom stereocenters. The van der Waals surface area contributed by atoms with Crippen LogP contribution in [0.5, 0.6) is 0 Å². The number of para-hydroxylation sites is 1. The largest absolute Gasteiger partial charge is 0.450 e. The van der Waals surface area contributed by atoms with Crippen LogP contribution in [0.1, 0.15) is 17.7 Å². The lowest BCUT2D eigenvalue weighted by Crippen LogP contribution is -2.35. The van der Waals surface area contributed by atoms with Crippen LogP contribution >= 0.6 is 15.9 Å². The van der Waals surface area contributed by atoms with Crippen molar-refractivity contribution in [1.82, 2.24) is 0 Å². The number of aliphatic hydroxyl groups is 1. The molecule has 0 atom stereocenters. The van der Waals surface area contributed by atoms with Crippen LogP contribution in [0, 0.1) is 0 Å². The SMILES string of the molecule is O=S(=O)(c1cc(CO)oc1Br)N1CCCc2ccccc21. The lowest BCUT2D eigenvalue weighted by atomic mass is 10.0. The van der Waals surface area contributed by atoms with Gasteiger partial charge in [0.05, 0.1) is 5.69 Å². The molecular weight excluding hydrogens is 358 g/mol. The van der Waals surface area contributed by atoms with Crippen molar-refractivity contribution in [2.45, 2.75) is 24.3 Å². The molecule has 0 spiro atoms. The Balaban J connectivity index is 2.09. The number of hydrogen-bond acceptors (Lipinski definition) is 4. The molecule has 1 aliphatic rings. The third-order valence-corrected chi connectivity index (χ3v) is 6.17. The molecule has 1 aromatic heterocycles. The van der Waals surface area contributed by atoms with Crippen LogP contribution in [0.25, 0.3) is 0 Å². The van der Waals surface area contributed by atoms with Crippen molar-refractivity contribution in [1.29, 1.82) is 0 Å². The Morgan fingerprint density at radius 3 is 2.81 bits per heavy atom. The number of sulfonamides is 1. The van der Waals surface area contributed by atoms with Crippen molar-refractivity contribution in [3.8, 4) is 0 Å². The zero-order chi connectivity index (χ0) is 15.0. The molecule has 1 aliphatic heterocycles. The highest BCUT2D eigenvalue weighted by Gasteiger charge is 2.32. The molecule has 0 fully saturated rings. The average molecular weight is 372 g/mol. The van der Waals surface area contributed by atoms with Gasteiger partial charge in [-0.1, -0.05) is 18.2 Å². The smallest absolute Gasteiger partial charge is 0.268 e. The Morgan fingerprint density at radius 1 is 1.33 bits per heavy atom. The maximum atomic E-state index is 12.9. The van der Waals surface area contributed by atoms with Gasteiger partial charge >= 0.3 is 0 Å². The third kappa shape index (κ3) is 2.49. The summed E-state index contributed by atoms with van der Waals surface area (Å²) >= 11 is 3.12. The molecular formula is C14H14BrNO4S. The number of fused-ring (bicyclic) bond motifs is 1. The first-order valence-corrected chi connectivity index (χ1v) is 8.77. The molecule has 3 rings (SSSR count). The van der Waals surface area contributed by atoms with Crippen LogP contribution in [0.4, 0.5) is 5.69 Å². The minimum Gasteiger partial charge on any atom is -0.450 e. The summed E-state index contributed by atoms with van der Waals surface area (Å²) in [5.41, 5.74) is 1.73. The quantitative estimate of drug-likeness (QED) is 0.900. The van der Waals surface area contributed by atoms with Gasteiger partial charge in [-0.2, -0.15) is 0 Å². The second-order valence-corrected chi connectivity index (χ2v) is 7.37. The van der Waals surface area contributed by atoms with E-state index < -0.39 is 10.0 Å². The second kappa shape index (κ2) is 5.47. The van der Waals surface area contributed by atoms with Gasteiger partial charge in [-0.25, -0.2) is 8.42 Å². The molecule has 2 heterocycles. The highest BCUT2D eigenvalue weighted by atomic mass is 79.9. The molecule has 0 radical (unpaired) electrons. The van der Waals surface area contributed by atoms with E-state index in [1.165, 1.54) is 10.4 Å². The monoisotopic (exact) mass is 371 g/mol. The first kappa shape index (κ1) is 14.6.